The Morgan fingerprint density at radius 1 is 1.28 bits per heavy atom. The van der Waals surface area contributed by atoms with Gasteiger partial charge in [0.05, 0.1) is 0 Å². The molecule has 25 heavy (non-hydrogen) atoms. The van der Waals surface area contributed by atoms with Crippen LogP contribution in [0.2, 0.25) is 0 Å². The van der Waals surface area contributed by atoms with Crippen LogP contribution in [0.25, 0.3) is 11.4 Å². The molecule has 1 N–H and O–H groups in total. The van der Waals surface area contributed by atoms with Gasteiger partial charge in [-0.3, -0.25) is 9.59 Å². The van der Waals surface area contributed by atoms with E-state index in [1.165, 1.54) is 0 Å². The summed E-state index contributed by atoms with van der Waals surface area (Å²) in [5.41, 5.74) is 0.800. The normalized spacial score (nSPS) is 11.9. The Morgan fingerprint density at radius 2 is 1.84 bits per heavy atom. The maximum atomic E-state index is 10.8. The fourth-order valence-electron chi connectivity index (χ4n) is 1.55. The topological polar surface area (TPSA) is 96.9 Å². The highest BCUT2D eigenvalue weighted by Gasteiger charge is 2.33. The molecule has 7 nitrogen and oxygen atoms in total. The van der Waals surface area contributed by atoms with Gasteiger partial charge in [-0.1, -0.05) is 4.68 Å². The van der Waals surface area contributed by atoms with Crippen LogP contribution in [0, 0.1) is 0 Å². The molecule has 0 bridgehead atoms. The van der Waals surface area contributed by atoms with Crippen LogP contribution in [0.1, 0.15) is 26.3 Å². The zero-order chi connectivity index (χ0) is 19.0. The van der Waals surface area contributed by atoms with Gasteiger partial charge >= 0.3 is 12.1 Å². The number of ketones is 1. The van der Waals surface area contributed by atoms with E-state index in [2.05, 4.69) is 15.1 Å². The summed E-state index contributed by atoms with van der Waals surface area (Å²) >= 11 is 0. The van der Waals surface area contributed by atoms with Gasteiger partial charge in [-0.25, -0.2) is 9.97 Å². The lowest BCUT2D eigenvalue weighted by Crippen LogP contribution is -2.42. The molecule has 134 valence electrons. The third kappa shape index (κ3) is 7.02. The lowest BCUT2D eigenvalue weighted by Gasteiger charge is -2.02. The molecule has 0 fully saturated rings. The quantitative estimate of drug-likeness (QED) is 0.841. The van der Waals surface area contributed by atoms with Gasteiger partial charge in [0.2, 0.25) is 5.78 Å². The Balaban J connectivity index is 0.000000381. The highest BCUT2D eigenvalue weighted by Crippen LogP contribution is 2.14. The van der Waals surface area contributed by atoms with E-state index in [1.54, 1.807) is 42.5 Å². The molecule has 1 atom stereocenters. The molecule has 2 heterocycles. The monoisotopic (exact) mass is 357 g/mol. The van der Waals surface area contributed by atoms with E-state index in [0.717, 1.165) is 5.56 Å². The van der Waals surface area contributed by atoms with Crippen LogP contribution in [0.15, 0.2) is 36.9 Å². The summed E-state index contributed by atoms with van der Waals surface area (Å²) in [6.07, 6.45) is 2.10. The van der Waals surface area contributed by atoms with Gasteiger partial charge in [-0.05, 0) is 11.2 Å². The molecule has 0 aliphatic carbocycles. The largest absolute Gasteiger partial charge is 0.481 e. The maximum Gasteiger partial charge on any atom is 0.449 e. The van der Waals surface area contributed by atoms with Crippen molar-refractivity contribution in [2.24, 2.45) is 0 Å². The smallest absolute Gasteiger partial charge is 0.449 e. The fraction of sp³-hybridized carbons (Fsp3) is 0.333. The lowest BCUT2D eigenvalue weighted by molar-refractivity contribution is -0.773. The number of aromatic nitrogens is 4. The van der Waals surface area contributed by atoms with Crippen molar-refractivity contribution in [2.45, 2.75) is 32.5 Å². The number of carboxylic acids is 1. The van der Waals surface area contributed by atoms with Gasteiger partial charge in [-0.15, -0.1) is 0 Å². The highest BCUT2D eigenvalue weighted by atomic mass is 19.4. The fourth-order valence-corrected chi connectivity index (χ4v) is 1.55. The van der Waals surface area contributed by atoms with Gasteiger partial charge in [0.15, 0.2) is 18.1 Å². The number of carboxylic acid groups (broad SMARTS) is 1. The minimum Gasteiger partial charge on any atom is -0.481 e. The second kappa shape index (κ2) is 8.81. The average Bonchev–Trinajstić information content (AvgIpc) is 2.55. The first kappa shape index (κ1) is 20.1. The number of Topliss-reactive ketones (excluding diaryl/α,β-unsaturated/α-hetero) is 1. The number of hydrogen-bond acceptors (Lipinski definition) is 5. The predicted octanol–water partition coefficient (Wildman–Crippen LogP) is 2.00. The molecule has 0 spiro atoms. The van der Waals surface area contributed by atoms with E-state index in [1.807, 2.05) is 6.07 Å². The molecule has 10 heteroatoms. The number of alkyl halides is 3. The van der Waals surface area contributed by atoms with Crippen molar-refractivity contribution in [1.82, 2.24) is 15.1 Å². The number of halogens is 3. The second-order valence-electron chi connectivity index (χ2n) is 4.97. The summed E-state index contributed by atoms with van der Waals surface area (Å²) in [4.78, 5) is 28.2. The first-order chi connectivity index (χ1) is 11.6. The highest BCUT2D eigenvalue weighted by molar-refractivity contribution is 5.81. The zero-order valence-corrected chi connectivity index (χ0v) is 13.4. The van der Waals surface area contributed by atoms with Crippen molar-refractivity contribution in [3.63, 3.8) is 0 Å². The first-order valence-electron chi connectivity index (χ1n) is 7.05. The molecule has 0 radical (unpaired) electrons. The molecule has 0 aromatic carbocycles. The van der Waals surface area contributed by atoms with Crippen LogP contribution in [0.5, 0.6) is 0 Å². The maximum absolute atomic E-state index is 10.8. The van der Waals surface area contributed by atoms with Crippen molar-refractivity contribution >= 4 is 11.8 Å². The predicted molar refractivity (Wildman–Crippen MR) is 79.2 cm³/mol. The number of nitrogens with zero attached hydrogens (tertiary/aromatic N) is 4. The van der Waals surface area contributed by atoms with Crippen molar-refractivity contribution in [3.8, 4) is 11.4 Å². The third-order valence-corrected chi connectivity index (χ3v) is 2.88. The minimum atomic E-state index is -4.64. The number of hydrogen-bond donors (Lipinski definition) is 1. The average molecular weight is 357 g/mol. The molecule has 1 unspecified atom stereocenters. The Morgan fingerprint density at radius 3 is 2.24 bits per heavy atom. The number of carbonyl (C=O) groups excluding carboxylic acids is 1. The van der Waals surface area contributed by atoms with E-state index >= 15 is 0 Å². The number of rotatable bonds is 4. The van der Waals surface area contributed by atoms with Crippen LogP contribution in [0.4, 0.5) is 13.2 Å². The van der Waals surface area contributed by atoms with E-state index < -0.39 is 17.9 Å². The Kier molecular flexibility index (Phi) is 7.09. The molecular formula is C15H16F3N4O3+. The molecule has 0 aliphatic heterocycles. The van der Waals surface area contributed by atoms with Crippen LogP contribution < -0.4 is 4.68 Å². The summed E-state index contributed by atoms with van der Waals surface area (Å²) < 4.78 is 34.1. The Bertz CT molecular complexity index is 706. The molecule has 0 amide bonds. The summed E-state index contributed by atoms with van der Waals surface area (Å²) in [6.45, 7) is 2.29. The molecule has 2 aromatic rings. The molecule has 0 saturated carbocycles. The van der Waals surface area contributed by atoms with Gasteiger partial charge in [0.25, 0.3) is 0 Å². The van der Waals surface area contributed by atoms with Crippen molar-refractivity contribution in [1.29, 1.82) is 0 Å². The third-order valence-electron chi connectivity index (χ3n) is 2.88. The van der Waals surface area contributed by atoms with E-state index in [-0.39, 0.29) is 12.5 Å². The molecule has 0 aliphatic rings. The van der Waals surface area contributed by atoms with Crippen LogP contribution in [-0.2, 0) is 9.59 Å². The van der Waals surface area contributed by atoms with Gasteiger partial charge in [0, 0.05) is 37.9 Å². The van der Waals surface area contributed by atoms with E-state index in [9.17, 15) is 22.8 Å². The minimum absolute atomic E-state index is 0.0405. The Labute approximate surface area is 141 Å². The van der Waals surface area contributed by atoms with Gasteiger partial charge in [0.1, 0.15) is 12.6 Å². The molecule has 2 rings (SSSR count). The van der Waals surface area contributed by atoms with Gasteiger partial charge < -0.3 is 5.11 Å². The van der Waals surface area contributed by atoms with Crippen LogP contribution >= 0.6 is 0 Å². The summed E-state index contributed by atoms with van der Waals surface area (Å²) in [7, 11) is 0. The lowest BCUT2D eigenvalue weighted by atomic mass is 10.2. The van der Waals surface area contributed by atoms with Crippen molar-refractivity contribution < 1.29 is 32.5 Å². The first-order valence-corrected chi connectivity index (χ1v) is 7.05. The van der Waals surface area contributed by atoms with Crippen LogP contribution in [-0.4, -0.2) is 38.1 Å². The standard InChI is InChI=1S/C12H12N4O2.C3H3F3O/c1-9(7-11(17)18)16-6-3-10(8-15-16)12-13-4-2-5-14-12;1-2(7)3(4,5)6/h2-6,8-9H,7H2,1H3;1H3/p+1. The van der Waals surface area contributed by atoms with Gasteiger partial charge in [-0.2, -0.15) is 13.2 Å². The van der Waals surface area contributed by atoms with E-state index in [0.29, 0.717) is 12.7 Å². The summed E-state index contributed by atoms with van der Waals surface area (Å²) in [6, 6.07) is 3.38. The summed E-state index contributed by atoms with van der Waals surface area (Å²) in [5, 5.41) is 12.9. The molecule has 2 aromatic heterocycles. The van der Waals surface area contributed by atoms with Crippen LogP contribution in [0.3, 0.4) is 0 Å². The number of carbonyl (C=O) groups is 2. The van der Waals surface area contributed by atoms with Crippen molar-refractivity contribution in [3.05, 3.63) is 36.9 Å². The zero-order valence-electron chi connectivity index (χ0n) is 13.4. The Hall–Kier alpha value is -2.91. The SMILES string of the molecule is CC(=O)C(F)(F)F.CC(CC(=O)O)[n+]1ccc(-c2ncccn2)cn1. The second-order valence-corrected chi connectivity index (χ2v) is 4.97. The van der Waals surface area contributed by atoms with Crippen molar-refractivity contribution in [2.75, 3.05) is 0 Å². The van der Waals surface area contributed by atoms with E-state index in [4.69, 9.17) is 5.11 Å². The molecular weight excluding hydrogens is 341 g/mol. The summed E-state index contributed by atoms with van der Waals surface area (Å²) in [5.74, 6) is -2.00. The number of aliphatic carboxylic acids is 1. The molecule has 0 saturated heterocycles.